The topological polar surface area (TPSA) is 44.1 Å². The van der Waals surface area contributed by atoms with Gasteiger partial charge < -0.3 is 4.74 Å². The van der Waals surface area contributed by atoms with Crippen molar-refractivity contribution >= 4 is 21.9 Å². The molecule has 1 heterocycles. The molecule has 5 heteroatoms. The van der Waals surface area contributed by atoms with Crippen LogP contribution in [0.3, 0.4) is 0 Å². The first-order valence-electron chi connectivity index (χ1n) is 6.34. The summed E-state index contributed by atoms with van der Waals surface area (Å²) < 4.78 is 8.05. The Kier molecular flexibility index (Phi) is 4.28. The molecule has 0 amide bonds. The van der Waals surface area contributed by atoms with Gasteiger partial charge in [-0.25, -0.2) is 4.79 Å². The van der Waals surface area contributed by atoms with Crippen LogP contribution in [0.5, 0.6) is 0 Å². The summed E-state index contributed by atoms with van der Waals surface area (Å²) in [5.74, 6) is -0.349. The molecule has 0 unspecified atom stereocenters. The number of nitrogens with zero attached hydrogens (tertiary/aromatic N) is 2. The maximum absolute atomic E-state index is 11.9. The van der Waals surface area contributed by atoms with E-state index in [1.807, 2.05) is 45.0 Å². The van der Waals surface area contributed by atoms with Crippen LogP contribution >= 0.6 is 15.9 Å². The van der Waals surface area contributed by atoms with Gasteiger partial charge in [-0.1, -0.05) is 28.1 Å². The van der Waals surface area contributed by atoms with Crippen LogP contribution < -0.4 is 0 Å². The maximum Gasteiger partial charge on any atom is 0.341 e. The zero-order valence-corrected chi connectivity index (χ0v) is 13.3. The molecule has 0 bridgehead atoms. The molecule has 0 aliphatic rings. The van der Waals surface area contributed by atoms with Gasteiger partial charge in [0.25, 0.3) is 0 Å². The van der Waals surface area contributed by atoms with Crippen LogP contribution in [0.4, 0.5) is 0 Å². The van der Waals surface area contributed by atoms with Crippen LogP contribution in [0, 0.1) is 0 Å². The van der Waals surface area contributed by atoms with E-state index in [1.165, 1.54) is 6.20 Å². The lowest BCUT2D eigenvalue weighted by Crippen LogP contribution is -2.23. The Balaban J connectivity index is 2.07. The highest BCUT2D eigenvalue weighted by atomic mass is 79.9. The van der Waals surface area contributed by atoms with Crippen molar-refractivity contribution in [3.8, 4) is 0 Å². The largest absolute Gasteiger partial charge is 0.456 e. The highest BCUT2D eigenvalue weighted by Crippen LogP contribution is 2.14. The summed E-state index contributed by atoms with van der Waals surface area (Å²) in [6, 6.07) is 7.98. The fraction of sp³-hybridized carbons (Fsp3) is 0.333. The molecular weight excluding hydrogens is 320 g/mol. The van der Waals surface area contributed by atoms with Crippen molar-refractivity contribution in [2.45, 2.75) is 32.9 Å². The SMILES string of the molecule is CC(C)(C)OC(=O)c1cnn(Cc2cccc(Br)c2)c1. The third-order valence-electron chi connectivity index (χ3n) is 2.50. The summed E-state index contributed by atoms with van der Waals surface area (Å²) in [7, 11) is 0. The van der Waals surface area contributed by atoms with Gasteiger partial charge in [0.1, 0.15) is 5.60 Å². The van der Waals surface area contributed by atoms with E-state index in [1.54, 1.807) is 10.9 Å². The second kappa shape index (κ2) is 5.79. The van der Waals surface area contributed by atoms with Crippen LogP contribution in [0.25, 0.3) is 0 Å². The average molecular weight is 337 g/mol. The third kappa shape index (κ3) is 4.20. The first kappa shape index (κ1) is 14.8. The van der Waals surface area contributed by atoms with Crippen molar-refractivity contribution in [1.82, 2.24) is 9.78 Å². The van der Waals surface area contributed by atoms with Crippen LogP contribution in [-0.2, 0) is 11.3 Å². The molecule has 20 heavy (non-hydrogen) atoms. The number of hydrogen-bond acceptors (Lipinski definition) is 3. The van der Waals surface area contributed by atoms with Crippen LogP contribution in [0.15, 0.2) is 41.1 Å². The van der Waals surface area contributed by atoms with Crippen LogP contribution in [0.2, 0.25) is 0 Å². The fourth-order valence-electron chi connectivity index (χ4n) is 1.71. The lowest BCUT2D eigenvalue weighted by Gasteiger charge is -2.18. The number of rotatable bonds is 3. The molecule has 0 saturated heterocycles. The Morgan fingerprint density at radius 2 is 2.15 bits per heavy atom. The number of hydrogen-bond donors (Lipinski definition) is 0. The summed E-state index contributed by atoms with van der Waals surface area (Å²) in [4.78, 5) is 11.9. The molecule has 0 atom stereocenters. The number of esters is 1. The average Bonchev–Trinajstić information content (AvgIpc) is 2.75. The van der Waals surface area contributed by atoms with Gasteiger partial charge in [0, 0.05) is 10.7 Å². The number of carbonyl (C=O) groups is 1. The van der Waals surface area contributed by atoms with Gasteiger partial charge >= 0.3 is 5.97 Å². The third-order valence-corrected chi connectivity index (χ3v) is 2.99. The zero-order valence-electron chi connectivity index (χ0n) is 11.8. The summed E-state index contributed by atoms with van der Waals surface area (Å²) in [5, 5.41) is 4.19. The lowest BCUT2D eigenvalue weighted by molar-refractivity contribution is 0.00694. The Hall–Kier alpha value is -1.62. The Morgan fingerprint density at radius 3 is 2.80 bits per heavy atom. The summed E-state index contributed by atoms with van der Waals surface area (Å²) >= 11 is 3.43. The van der Waals surface area contributed by atoms with E-state index >= 15 is 0 Å². The van der Waals surface area contributed by atoms with E-state index in [0.29, 0.717) is 12.1 Å². The van der Waals surface area contributed by atoms with Gasteiger partial charge in [-0.3, -0.25) is 4.68 Å². The smallest absolute Gasteiger partial charge is 0.341 e. The highest BCUT2D eigenvalue weighted by Gasteiger charge is 2.19. The predicted octanol–water partition coefficient (Wildman–Crippen LogP) is 3.65. The molecule has 0 radical (unpaired) electrons. The van der Waals surface area contributed by atoms with Crippen molar-refractivity contribution in [3.63, 3.8) is 0 Å². The quantitative estimate of drug-likeness (QED) is 0.803. The Morgan fingerprint density at radius 1 is 1.40 bits per heavy atom. The molecule has 0 aliphatic carbocycles. The summed E-state index contributed by atoms with van der Waals surface area (Å²) in [5.41, 5.74) is 1.08. The molecule has 0 saturated carbocycles. The Labute approximate surface area is 126 Å². The second-order valence-corrected chi connectivity index (χ2v) is 6.47. The summed E-state index contributed by atoms with van der Waals surface area (Å²) in [6.07, 6.45) is 3.24. The van der Waals surface area contributed by atoms with E-state index in [4.69, 9.17) is 4.74 Å². The van der Waals surface area contributed by atoms with Gasteiger partial charge in [-0.2, -0.15) is 5.10 Å². The van der Waals surface area contributed by atoms with E-state index in [-0.39, 0.29) is 5.97 Å². The number of ether oxygens (including phenoxy) is 1. The number of halogens is 1. The number of carbonyl (C=O) groups excluding carboxylic acids is 1. The fourth-order valence-corrected chi connectivity index (χ4v) is 2.16. The van der Waals surface area contributed by atoms with Crippen molar-refractivity contribution in [2.75, 3.05) is 0 Å². The van der Waals surface area contributed by atoms with Crippen LogP contribution in [0.1, 0.15) is 36.7 Å². The molecule has 0 aliphatic heterocycles. The van der Waals surface area contributed by atoms with E-state index in [9.17, 15) is 4.79 Å². The molecular formula is C15H17BrN2O2. The first-order valence-corrected chi connectivity index (χ1v) is 7.13. The van der Waals surface area contributed by atoms with Crippen molar-refractivity contribution in [3.05, 3.63) is 52.3 Å². The predicted molar refractivity (Wildman–Crippen MR) is 80.6 cm³/mol. The lowest BCUT2D eigenvalue weighted by atomic mass is 10.2. The van der Waals surface area contributed by atoms with Gasteiger partial charge in [0.15, 0.2) is 0 Å². The minimum absolute atomic E-state index is 0.349. The van der Waals surface area contributed by atoms with E-state index < -0.39 is 5.60 Å². The van der Waals surface area contributed by atoms with E-state index in [0.717, 1.165) is 10.0 Å². The zero-order chi connectivity index (χ0) is 14.8. The highest BCUT2D eigenvalue weighted by molar-refractivity contribution is 9.10. The van der Waals surface area contributed by atoms with Crippen molar-refractivity contribution < 1.29 is 9.53 Å². The first-order chi connectivity index (χ1) is 9.33. The van der Waals surface area contributed by atoms with Gasteiger partial charge in [0.2, 0.25) is 0 Å². The monoisotopic (exact) mass is 336 g/mol. The minimum Gasteiger partial charge on any atom is -0.456 e. The second-order valence-electron chi connectivity index (χ2n) is 5.56. The minimum atomic E-state index is -0.497. The van der Waals surface area contributed by atoms with E-state index in [2.05, 4.69) is 21.0 Å². The molecule has 0 fully saturated rings. The molecule has 1 aromatic heterocycles. The number of aromatic nitrogens is 2. The molecule has 2 rings (SSSR count). The van der Waals surface area contributed by atoms with Crippen molar-refractivity contribution in [2.24, 2.45) is 0 Å². The molecule has 0 N–H and O–H groups in total. The van der Waals surface area contributed by atoms with Crippen molar-refractivity contribution in [1.29, 1.82) is 0 Å². The van der Waals surface area contributed by atoms with Gasteiger partial charge in [-0.05, 0) is 38.5 Å². The number of benzene rings is 1. The van der Waals surface area contributed by atoms with Gasteiger partial charge in [-0.15, -0.1) is 0 Å². The molecule has 4 nitrogen and oxygen atoms in total. The molecule has 2 aromatic rings. The molecule has 106 valence electrons. The molecule has 1 aromatic carbocycles. The van der Waals surface area contributed by atoms with Crippen LogP contribution in [-0.4, -0.2) is 21.4 Å². The maximum atomic E-state index is 11.9. The standard InChI is InChI=1S/C15H17BrN2O2/c1-15(2,3)20-14(19)12-8-17-18(10-12)9-11-5-4-6-13(16)7-11/h4-8,10H,9H2,1-3H3. The Bertz CT molecular complexity index is 614. The molecule has 0 spiro atoms. The van der Waals surface area contributed by atoms with Gasteiger partial charge in [0.05, 0.1) is 18.3 Å². The normalized spacial score (nSPS) is 11.4. The summed E-state index contributed by atoms with van der Waals surface area (Å²) in [6.45, 7) is 6.15.